The zero-order valence-electron chi connectivity index (χ0n) is 10.4. The van der Waals surface area contributed by atoms with Crippen LogP contribution in [0.4, 0.5) is 0 Å². The molecule has 0 atom stereocenters. The SMILES string of the molecule is Cn1c(C(C)(C)C)nc2cncc(C(=O)O)c21. The van der Waals surface area contributed by atoms with Crippen molar-refractivity contribution in [3.05, 3.63) is 23.8 Å². The lowest BCUT2D eigenvalue weighted by molar-refractivity contribution is 0.0698. The van der Waals surface area contributed by atoms with Crippen molar-refractivity contribution < 1.29 is 9.90 Å². The van der Waals surface area contributed by atoms with E-state index < -0.39 is 5.97 Å². The minimum atomic E-state index is -0.980. The molecule has 17 heavy (non-hydrogen) atoms. The van der Waals surface area contributed by atoms with Gasteiger partial charge < -0.3 is 9.67 Å². The van der Waals surface area contributed by atoms with Crippen LogP contribution >= 0.6 is 0 Å². The molecule has 0 aliphatic heterocycles. The number of fused-ring (bicyclic) bond motifs is 1. The number of imidazole rings is 1. The fourth-order valence-corrected chi connectivity index (χ4v) is 2.00. The van der Waals surface area contributed by atoms with Gasteiger partial charge >= 0.3 is 5.97 Å². The highest BCUT2D eigenvalue weighted by atomic mass is 16.4. The summed E-state index contributed by atoms with van der Waals surface area (Å²) in [4.78, 5) is 19.5. The molecule has 0 saturated heterocycles. The van der Waals surface area contributed by atoms with Crippen LogP contribution in [0.3, 0.4) is 0 Å². The summed E-state index contributed by atoms with van der Waals surface area (Å²) in [5.41, 5.74) is 1.30. The van der Waals surface area contributed by atoms with E-state index in [0.29, 0.717) is 11.0 Å². The molecule has 0 aliphatic rings. The van der Waals surface area contributed by atoms with E-state index in [1.165, 1.54) is 6.20 Å². The highest BCUT2D eigenvalue weighted by molar-refractivity contribution is 6.00. The normalized spacial score (nSPS) is 12.0. The molecule has 0 fully saturated rings. The monoisotopic (exact) mass is 233 g/mol. The summed E-state index contributed by atoms with van der Waals surface area (Å²) >= 11 is 0. The quantitative estimate of drug-likeness (QED) is 0.817. The number of aromatic carboxylic acids is 1. The third-order valence-corrected chi connectivity index (χ3v) is 2.68. The lowest BCUT2D eigenvalue weighted by Gasteiger charge is -2.17. The lowest BCUT2D eigenvalue weighted by Crippen LogP contribution is -2.17. The van der Waals surface area contributed by atoms with Crippen molar-refractivity contribution in [2.45, 2.75) is 26.2 Å². The van der Waals surface area contributed by atoms with Crippen molar-refractivity contribution in [1.82, 2.24) is 14.5 Å². The summed E-state index contributed by atoms with van der Waals surface area (Å²) in [5, 5.41) is 9.14. The molecule has 0 radical (unpaired) electrons. The van der Waals surface area contributed by atoms with Crippen LogP contribution in [0.5, 0.6) is 0 Å². The Kier molecular flexibility index (Phi) is 2.41. The van der Waals surface area contributed by atoms with Crippen LogP contribution in [0.25, 0.3) is 11.0 Å². The van der Waals surface area contributed by atoms with Gasteiger partial charge in [-0.1, -0.05) is 20.8 Å². The number of hydrogen-bond donors (Lipinski definition) is 1. The molecule has 5 nitrogen and oxygen atoms in total. The van der Waals surface area contributed by atoms with Gasteiger partial charge in [-0.25, -0.2) is 9.78 Å². The molecule has 0 amide bonds. The van der Waals surface area contributed by atoms with Gasteiger partial charge in [0.15, 0.2) is 0 Å². The number of nitrogens with zero attached hydrogens (tertiary/aromatic N) is 3. The van der Waals surface area contributed by atoms with Crippen LogP contribution in [0, 0.1) is 0 Å². The Bertz CT molecular complexity index is 594. The van der Waals surface area contributed by atoms with Gasteiger partial charge in [0.2, 0.25) is 0 Å². The Hall–Kier alpha value is -1.91. The van der Waals surface area contributed by atoms with Crippen LogP contribution in [-0.2, 0) is 12.5 Å². The molecule has 0 bridgehead atoms. The van der Waals surface area contributed by atoms with Crippen LogP contribution in [0.15, 0.2) is 12.4 Å². The fourth-order valence-electron chi connectivity index (χ4n) is 2.00. The first-order valence-electron chi connectivity index (χ1n) is 5.36. The van der Waals surface area contributed by atoms with Crippen molar-refractivity contribution in [2.24, 2.45) is 7.05 Å². The Morgan fingerprint density at radius 2 is 2.00 bits per heavy atom. The standard InChI is InChI=1S/C12H15N3O2/c1-12(2,3)11-14-8-6-13-5-7(10(16)17)9(8)15(11)4/h5-6H,1-4H3,(H,16,17). The third kappa shape index (κ3) is 1.77. The molecule has 2 rings (SSSR count). The number of pyridine rings is 1. The van der Waals surface area contributed by atoms with E-state index in [1.54, 1.807) is 6.20 Å². The largest absolute Gasteiger partial charge is 0.478 e. The summed E-state index contributed by atoms with van der Waals surface area (Å²) in [5.74, 6) is -0.130. The molecule has 1 N–H and O–H groups in total. The maximum Gasteiger partial charge on any atom is 0.339 e. The van der Waals surface area contributed by atoms with Gasteiger partial charge in [-0.05, 0) is 0 Å². The van der Waals surface area contributed by atoms with Gasteiger partial charge in [-0.2, -0.15) is 0 Å². The molecule has 5 heteroatoms. The molecular weight excluding hydrogens is 218 g/mol. The topological polar surface area (TPSA) is 68.0 Å². The number of carboxylic acids is 1. The number of rotatable bonds is 1. The number of aromatic nitrogens is 3. The molecule has 90 valence electrons. The lowest BCUT2D eigenvalue weighted by atomic mass is 9.96. The molecule has 2 aromatic heterocycles. The highest BCUT2D eigenvalue weighted by Crippen LogP contribution is 2.26. The van der Waals surface area contributed by atoms with E-state index in [-0.39, 0.29) is 11.0 Å². The second-order valence-corrected chi connectivity index (χ2v) is 5.10. The predicted octanol–water partition coefficient (Wildman–Crippen LogP) is 1.96. The van der Waals surface area contributed by atoms with E-state index in [4.69, 9.17) is 5.11 Å². The van der Waals surface area contributed by atoms with Crippen molar-refractivity contribution >= 4 is 17.0 Å². The third-order valence-electron chi connectivity index (χ3n) is 2.68. The minimum absolute atomic E-state index is 0.135. The van der Waals surface area contributed by atoms with E-state index in [1.807, 2.05) is 32.4 Å². The van der Waals surface area contributed by atoms with Gasteiger partial charge in [0, 0.05) is 18.7 Å². The molecule has 0 aromatic carbocycles. The number of aryl methyl sites for hydroxylation is 1. The molecule has 2 heterocycles. The first kappa shape index (κ1) is 11.6. The average molecular weight is 233 g/mol. The maximum atomic E-state index is 11.1. The summed E-state index contributed by atoms with van der Waals surface area (Å²) in [7, 11) is 1.84. The molecule has 0 spiro atoms. The Labute approximate surface area is 99.1 Å². The van der Waals surface area contributed by atoms with Gasteiger partial charge in [0.05, 0.1) is 11.7 Å². The van der Waals surface area contributed by atoms with Crippen LogP contribution in [0.1, 0.15) is 37.0 Å². The van der Waals surface area contributed by atoms with Gasteiger partial charge in [-0.15, -0.1) is 0 Å². The van der Waals surface area contributed by atoms with Crippen LogP contribution in [-0.4, -0.2) is 25.6 Å². The molecule has 0 aliphatic carbocycles. The Morgan fingerprint density at radius 1 is 1.35 bits per heavy atom. The highest BCUT2D eigenvalue weighted by Gasteiger charge is 2.23. The first-order valence-corrected chi connectivity index (χ1v) is 5.36. The molecule has 0 unspecified atom stereocenters. The first-order chi connectivity index (χ1) is 7.82. The van der Waals surface area contributed by atoms with Crippen molar-refractivity contribution in [2.75, 3.05) is 0 Å². The number of hydrogen-bond acceptors (Lipinski definition) is 3. The van der Waals surface area contributed by atoms with Crippen molar-refractivity contribution in [3.63, 3.8) is 0 Å². The van der Waals surface area contributed by atoms with Crippen molar-refractivity contribution in [3.8, 4) is 0 Å². The molecule has 0 saturated carbocycles. The second-order valence-electron chi connectivity index (χ2n) is 5.10. The summed E-state index contributed by atoms with van der Waals surface area (Å²) < 4.78 is 1.83. The van der Waals surface area contributed by atoms with E-state index in [9.17, 15) is 4.79 Å². The average Bonchev–Trinajstić information content (AvgIpc) is 2.55. The van der Waals surface area contributed by atoms with E-state index in [0.717, 1.165) is 5.82 Å². The maximum absolute atomic E-state index is 11.1. The predicted molar refractivity (Wildman–Crippen MR) is 64.2 cm³/mol. The Balaban J connectivity index is 2.84. The zero-order valence-corrected chi connectivity index (χ0v) is 10.4. The van der Waals surface area contributed by atoms with E-state index in [2.05, 4.69) is 9.97 Å². The summed E-state index contributed by atoms with van der Waals surface area (Å²) in [6.45, 7) is 6.13. The van der Waals surface area contributed by atoms with Gasteiger partial charge in [-0.3, -0.25) is 4.98 Å². The van der Waals surface area contributed by atoms with Gasteiger partial charge in [0.25, 0.3) is 0 Å². The second kappa shape index (κ2) is 3.55. The molecule has 2 aromatic rings. The Morgan fingerprint density at radius 3 is 2.53 bits per heavy atom. The summed E-state index contributed by atoms with van der Waals surface area (Å²) in [6, 6.07) is 0. The summed E-state index contributed by atoms with van der Waals surface area (Å²) in [6.07, 6.45) is 2.95. The van der Waals surface area contributed by atoms with E-state index >= 15 is 0 Å². The number of carbonyl (C=O) groups is 1. The van der Waals surface area contributed by atoms with Crippen LogP contribution < -0.4 is 0 Å². The number of carboxylic acid groups (broad SMARTS) is 1. The minimum Gasteiger partial charge on any atom is -0.478 e. The van der Waals surface area contributed by atoms with Gasteiger partial charge in [0.1, 0.15) is 16.9 Å². The fraction of sp³-hybridized carbons (Fsp3) is 0.417. The van der Waals surface area contributed by atoms with Crippen LogP contribution in [0.2, 0.25) is 0 Å². The van der Waals surface area contributed by atoms with Crippen molar-refractivity contribution in [1.29, 1.82) is 0 Å². The smallest absolute Gasteiger partial charge is 0.339 e. The molecular formula is C12H15N3O2. The zero-order chi connectivity index (χ0) is 12.8.